The van der Waals surface area contributed by atoms with Crippen LogP contribution < -0.4 is 5.32 Å². The van der Waals surface area contributed by atoms with E-state index < -0.39 is 5.97 Å². The first-order valence-electron chi connectivity index (χ1n) is 9.52. The van der Waals surface area contributed by atoms with Gasteiger partial charge in [-0.15, -0.1) is 0 Å². The zero-order valence-corrected chi connectivity index (χ0v) is 15.8. The van der Waals surface area contributed by atoms with Crippen molar-refractivity contribution in [3.05, 3.63) is 77.5 Å². The predicted molar refractivity (Wildman–Crippen MR) is 111 cm³/mol. The van der Waals surface area contributed by atoms with Gasteiger partial charge in [-0.3, -0.25) is 9.89 Å². The molecule has 1 heterocycles. The van der Waals surface area contributed by atoms with Gasteiger partial charge >= 0.3 is 5.97 Å². The number of nitrogens with one attached hydrogen (secondary N) is 2. The van der Waals surface area contributed by atoms with Crippen LogP contribution in [0.15, 0.2) is 60.7 Å². The number of H-pyrrole nitrogens is 1. The fraction of sp³-hybridized carbons (Fsp3) is 0.174. The number of hydrogen-bond acceptors (Lipinski definition) is 3. The SMILES string of the molecule is O=C(O)/C=C/c1ccc(-c2ccc(CC(=O)Nc3cc(C4CC4)[nH]n3)cc2)cc1. The summed E-state index contributed by atoms with van der Waals surface area (Å²) in [4.78, 5) is 22.8. The van der Waals surface area contributed by atoms with Gasteiger partial charge in [-0.1, -0.05) is 48.5 Å². The summed E-state index contributed by atoms with van der Waals surface area (Å²) >= 11 is 0. The number of amides is 1. The molecule has 6 heteroatoms. The topological polar surface area (TPSA) is 95.1 Å². The van der Waals surface area contributed by atoms with Crippen LogP contribution in [-0.4, -0.2) is 27.2 Å². The molecule has 4 rings (SSSR count). The highest BCUT2D eigenvalue weighted by Crippen LogP contribution is 2.39. The van der Waals surface area contributed by atoms with E-state index in [4.69, 9.17) is 5.11 Å². The van der Waals surface area contributed by atoms with E-state index in [1.165, 1.54) is 12.8 Å². The average molecular weight is 387 g/mol. The van der Waals surface area contributed by atoms with Crippen molar-refractivity contribution >= 4 is 23.8 Å². The van der Waals surface area contributed by atoms with Gasteiger partial charge in [-0.25, -0.2) is 4.79 Å². The Bertz CT molecular complexity index is 1050. The number of aromatic nitrogens is 2. The summed E-state index contributed by atoms with van der Waals surface area (Å²) in [5.41, 5.74) is 4.90. The highest BCUT2D eigenvalue weighted by Gasteiger charge is 2.25. The maximum absolute atomic E-state index is 12.3. The molecule has 29 heavy (non-hydrogen) atoms. The zero-order valence-electron chi connectivity index (χ0n) is 15.8. The molecule has 0 radical (unpaired) electrons. The summed E-state index contributed by atoms with van der Waals surface area (Å²) in [5.74, 6) is 0.0824. The molecule has 1 aliphatic rings. The number of carboxylic acids is 1. The van der Waals surface area contributed by atoms with Gasteiger partial charge in [-0.05, 0) is 41.2 Å². The molecule has 6 nitrogen and oxygen atoms in total. The van der Waals surface area contributed by atoms with E-state index in [1.54, 1.807) is 6.08 Å². The molecule has 0 unspecified atom stereocenters. The summed E-state index contributed by atoms with van der Waals surface area (Å²) in [5, 5.41) is 18.7. The van der Waals surface area contributed by atoms with Crippen LogP contribution in [0.25, 0.3) is 17.2 Å². The van der Waals surface area contributed by atoms with E-state index in [2.05, 4.69) is 15.5 Å². The van der Waals surface area contributed by atoms with Gasteiger partial charge in [0.05, 0.1) is 6.42 Å². The Kier molecular flexibility index (Phi) is 5.24. The molecule has 3 aromatic rings. The molecule has 0 saturated heterocycles. The number of benzene rings is 2. The number of aromatic amines is 1. The highest BCUT2D eigenvalue weighted by molar-refractivity contribution is 5.91. The number of nitrogens with zero attached hydrogens (tertiary/aromatic N) is 1. The second-order valence-electron chi connectivity index (χ2n) is 7.20. The first-order valence-corrected chi connectivity index (χ1v) is 9.52. The lowest BCUT2D eigenvalue weighted by molar-refractivity contribution is -0.131. The van der Waals surface area contributed by atoms with Crippen LogP contribution >= 0.6 is 0 Å². The Morgan fingerprint density at radius 2 is 1.72 bits per heavy atom. The van der Waals surface area contributed by atoms with E-state index in [9.17, 15) is 9.59 Å². The molecule has 1 amide bonds. The monoisotopic (exact) mass is 387 g/mol. The van der Waals surface area contributed by atoms with E-state index in [1.807, 2.05) is 54.6 Å². The molecular weight excluding hydrogens is 366 g/mol. The van der Waals surface area contributed by atoms with Gasteiger partial charge in [0.1, 0.15) is 0 Å². The van der Waals surface area contributed by atoms with Gasteiger partial charge < -0.3 is 10.4 Å². The van der Waals surface area contributed by atoms with Gasteiger partial charge in [0.15, 0.2) is 5.82 Å². The maximum Gasteiger partial charge on any atom is 0.328 e. The van der Waals surface area contributed by atoms with Crippen molar-refractivity contribution in [3.8, 4) is 11.1 Å². The number of carbonyl (C=O) groups excluding carboxylic acids is 1. The Hall–Kier alpha value is -3.67. The van der Waals surface area contributed by atoms with Crippen molar-refractivity contribution in [2.45, 2.75) is 25.2 Å². The number of rotatable bonds is 7. The molecule has 1 aliphatic carbocycles. The van der Waals surface area contributed by atoms with Crippen LogP contribution in [0.1, 0.15) is 35.6 Å². The van der Waals surface area contributed by atoms with Crippen molar-refractivity contribution in [3.63, 3.8) is 0 Å². The molecule has 3 N–H and O–H groups in total. The number of carboxylic acid groups (broad SMARTS) is 1. The van der Waals surface area contributed by atoms with Crippen LogP contribution in [-0.2, 0) is 16.0 Å². The van der Waals surface area contributed by atoms with Crippen LogP contribution in [0.2, 0.25) is 0 Å². The molecule has 1 aromatic heterocycles. The summed E-state index contributed by atoms with van der Waals surface area (Å²) < 4.78 is 0. The predicted octanol–water partition coefficient (Wildman–Crippen LogP) is 4.23. The van der Waals surface area contributed by atoms with Gasteiger partial charge in [0.2, 0.25) is 5.91 Å². The van der Waals surface area contributed by atoms with Gasteiger partial charge in [-0.2, -0.15) is 5.10 Å². The van der Waals surface area contributed by atoms with Crippen LogP contribution in [0.4, 0.5) is 5.82 Å². The van der Waals surface area contributed by atoms with Crippen molar-refractivity contribution in [1.82, 2.24) is 10.2 Å². The molecule has 1 saturated carbocycles. The number of hydrogen-bond donors (Lipinski definition) is 3. The first kappa shape index (κ1) is 18.7. The second kappa shape index (κ2) is 8.14. The Morgan fingerprint density at radius 1 is 1.07 bits per heavy atom. The minimum atomic E-state index is -0.968. The second-order valence-corrected chi connectivity index (χ2v) is 7.20. The molecule has 0 aliphatic heterocycles. The summed E-state index contributed by atoms with van der Waals surface area (Å²) in [6.45, 7) is 0. The fourth-order valence-corrected chi connectivity index (χ4v) is 3.15. The number of anilines is 1. The van der Waals surface area contributed by atoms with Crippen molar-refractivity contribution in [2.24, 2.45) is 0 Å². The third kappa shape index (κ3) is 4.99. The summed E-state index contributed by atoms with van der Waals surface area (Å²) in [6, 6.07) is 17.4. The largest absolute Gasteiger partial charge is 0.478 e. The Balaban J connectivity index is 1.35. The molecule has 0 spiro atoms. The van der Waals surface area contributed by atoms with E-state index in [0.717, 1.165) is 34.0 Å². The highest BCUT2D eigenvalue weighted by atomic mass is 16.4. The van der Waals surface area contributed by atoms with Crippen molar-refractivity contribution < 1.29 is 14.7 Å². The molecule has 0 atom stereocenters. The minimum Gasteiger partial charge on any atom is -0.478 e. The summed E-state index contributed by atoms with van der Waals surface area (Å²) in [6.07, 6.45) is 5.32. The lowest BCUT2D eigenvalue weighted by Gasteiger charge is -2.05. The van der Waals surface area contributed by atoms with Crippen LogP contribution in [0.3, 0.4) is 0 Å². The Labute approximate surface area is 168 Å². The van der Waals surface area contributed by atoms with Crippen molar-refractivity contribution in [2.75, 3.05) is 5.32 Å². The van der Waals surface area contributed by atoms with Crippen LogP contribution in [0.5, 0.6) is 0 Å². The quantitative estimate of drug-likeness (QED) is 0.529. The van der Waals surface area contributed by atoms with Crippen molar-refractivity contribution in [1.29, 1.82) is 0 Å². The smallest absolute Gasteiger partial charge is 0.328 e. The zero-order chi connectivity index (χ0) is 20.2. The standard InChI is InChI=1S/C23H21N3O3/c27-22(24-21-14-20(25-26-21)19-10-11-19)13-16-3-8-18(9-4-16)17-6-1-15(2-7-17)5-12-23(28)29/h1-9,12,14,19H,10-11,13H2,(H,28,29)(H2,24,25,26,27)/b12-5+. The third-order valence-corrected chi connectivity index (χ3v) is 4.86. The lowest BCUT2D eigenvalue weighted by Crippen LogP contribution is -2.14. The third-order valence-electron chi connectivity index (χ3n) is 4.86. The lowest BCUT2D eigenvalue weighted by atomic mass is 10.0. The molecule has 2 aromatic carbocycles. The Morgan fingerprint density at radius 3 is 2.34 bits per heavy atom. The fourth-order valence-electron chi connectivity index (χ4n) is 3.15. The molecule has 0 bridgehead atoms. The van der Waals surface area contributed by atoms with E-state index in [-0.39, 0.29) is 12.3 Å². The molecule has 146 valence electrons. The van der Waals surface area contributed by atoms with Gasteiger partial charge in [0, 0.05) is 23.8 Å². The number of carbonyl (C=O) groups is 2. The van der Waals surface area contributed by atoms with E-state index >= 15 is 0 Å². The van der Waals surface area contributed by atoms with Crippen LogP contribution in [0, 0.1) is 0 Å². The summed E-state index contributed by atoms with van der Waals surface area (Å²) in [7, 11) is 0. The average Bonchev–Trinajstić information content (AvgIpc) is 3.47. The number of aliphatic carboxylic acids is 1. The van der Waals surface area contributed by atoms with Gasteiger partial charge in [0.25, 0.3) is 0 Å². The normalized spacial score (nSPS) is 13.5. The van der Waals surface area contributed by atoms with E-state index in [0.29, 0.717) is 11.7 Å². The molecular formula is C23H21N3O3. The maximum atomic E-state index is 12.3. The molecule has 1 fully saturated rings. The first-order chi connectivity index (χ1) is 14.1. The minimum absolute atomic E-state index is 0.0961.